The molecule has 3 aromatic rings. The van der Waals surface area contributed by atoms with Crippen molar-refractivity contribution in [1.29, 1.82) is 5.26 Å². The number of benzene rings is 1. The third-order valence-corrected chi connectivity index (χ3v) is 7.43. The second kappa shape index (κ2) is 11.4. The first-order chi connectivity index (χ1) is 18.5. The van der Waals surface area contributed by atoms with Gasteiger partial charge in [0.25, 0.3) is 5.91 Å². The summed E-state index contributed by atoms with van der Waals surface area (Å²) in [6.07, 6.45) is 11.0. The Labute approximate surface area is 222 Å². The van der Waals surface area contributed by atoms with Gasteiger partial charge >= 0.3 is 0 Å². The maximum Gasteiger partial charge on any atom is 0.254 e. The van der Waals surface area contributed by atoms with E-state index in [1.54, 1.807) is 45.9 Å². The topological polar surface area (TPSA) is 120 Å². The summed E-state index contributed by atoms with van der Waals surface area (Å²) in [5.41, 5.74) is 2.78. The molecule has 1 N–H and O–H groups in total. The first-order valence-electron chi connectivity index (χ1n) is 13.2. The van der Waals surface area contributed by atoms with Crippen LogP contribution in [-0.2, 0) is 4.79 Å². The van der Waals surface area contributed by atoms with Crippen molar-refractivity contribution in [2.75, 3.05) is 31.5 Å². The van der Waals surface area contributed by atoms with Gasteiger partial charge in [-0.25, -0.2) is 9.97 Å². The van der Waals surface area contributed by atoms with Gasteiger partial charge in [-0.15, -0.1) is 0 Å². The summed E-state index contributed by atoms with van der Waals surface area (Å²) in [7, 11) is 0. The van der Waals surface area contributed by atoms with E-state index in [0.29, 0.717) is 55.0 Å². The molecule has 2 aromatic heterocycles. The average molecular weight is 513 g/mol. The number of piperazine rings is 1. The lowest BCUT2D eigenvalue weighted by atomic mass is 9.99. The van der Waals surface area contributed by atoms with Crippen LogP contribution in [0.15, 0.2) is 48.9 Å². The van der Waals surface area contributed by atoms with E-state index in [0.717, 1.165) is 12.0 Å². The standard InChI is InChI=1S/C28H32N8O2/c1-20(37)34-11-13-35(14-12-34)27(38)22-7-4-8-24(16-22)32-28-30-10-9-26(33-28)23-18-31-36(19-23)25(17-29)15-21-5-2-3-6-21/h4,7-10,16,18-19,21,25H,2-3,5-6,11-15H2,1H3,(H,30,32,33). The number of anilines is 2. The smallest absolute Gasteiger partial charge is 0.254 e. The summed E-state index contributed by atoms with van der Waals surface area (Å²) >= 11 is 0. The second-order valence-corrected chi connectivity index (χ2v) is 10.0. The summed E-state index contributed by atoms with van der Waals surface area (Å²) in [6, 6.07) is 11.2. The number of rotatable bonds is 7. The molecule has 3 heterocycles. The Hall–Kier alpha value is -4.26. The maximum atomic E-state index is 13.0. The molecule has 196 valence electrons. The first kappa shape index (κ1) is 25.4. The molecule has 10 heteroatoms. The molecule has 38 heavy (non-hydrogen) atoms. The lowest BCUT2D eigenvalue weighted by Gasteiger charge is -2.34. The molecule has 5 rings (SSSR count). The Kier molecular flexibility index (Phi) is 7.63. The second-order valence-electron chi connectivity index (χ2n) is 10.0. The van der Waals surface area contributed by atoms with Crippen LogP contribution in [-0.4, -0.2) is 67.5 Å². The van der Waals surface area contributed by atoms with Crippen molar-refractivity contribution in [2.45, 2.75) is 45.1 Å². The summed E-state index contributed by atoms with van der Waals surface area (Å²) in [5, 5.41) is 17.4. The number of carbonyl (C=O) groups excluding carboxylic acids is 2. The van der Waals surface area contributed by atoms with E-state index in [9.17, 15) is 14.9 Å². The van der Waals surface area contributed by atoms with Gasteiger partial charge in [-0.05, 0) is 36.6 Å². The van der Waals surface area contributed by atoms with Gasteiger partial charge in [-0.1, -0.05) is 31.7 Å². The van der Waals surface area contributed by atoms with Crippen LogP contribution in [0.1, 0.15) is 55.4 Å². The number of nitrogens with one attached hydrogen (secondary N) is 1. The normalized spacial score (nSPS) is 16.7. The van der Waals surface area contributed by atoms with Crippen LogP contribution in [0.4, 0.5) is 11.6 Å². The molecule has 0 spiro atoms. The predicted octanol–water partition coefficient (Wildman–Crippen LogP) is 4.03. The number of nitriles is 1. The Bertz CT molecular complexity index is 1330. The van der Waals surface area contributed by atoms with Crippen LogP contribution in [0.5, 0.6) is 0 Å². The minimum atomic E-state index is -0.281. The monoisotopic (exact) mass is 512 g/mol. The Balaban J connectivity index is 1.25. The van der Waals surface area contributed by atoms with Gasteiger partial charge in [0, 0.05) is 62.3 Å². The van der Waals surface area contributed by atoms with Crippen molar-refractivity contribution in [1.82, 2.24) is 29.5 Å². The van der Waals surface area contributed by atoms with E-state index >= 15 is 0 Å². The molecular formula is C28H32N8O2. The minimum absolute atomic E-state index is 0.0341. The van der Waals surface area contributed by atoms with Gasteiger partial charge in [0.1, 0.15) is 6.04 Å². The van der Waals surface area contributed by atoms with E-state index in [2.05, 4.69) is 26.5 Å². The Morgan fingerprint density at radius 2 is 1.89 bits per heavy atom. The van der Waals surface area contributed by atoms with Crippen LogP contribution in [0.2, 0.25) is 0 Å². The molecule has 0 bridgehead atoms. The van der Waals surface area contributed by atoms with Crippen LogP contribution in [0.25, 0.3) is 11.3 Å². The molecule has 1 aliphatic heterocycles. The van der Waals surface area contributed by atoms with Gasteiger partial charge in [-0.2, -0.15) is 10.4 Å². The summed E-state index contributed by atoms with van der Waals surface area (Å²) in [5.74, 6) is 0.961. The van der Waals surface area contributed by atoms with Crippen LogP contribution in [0.3, 0.4) is 0 Å². The molecule has 2 aliphatic rings. The van der Waals surface area contributed by atoms with E-state index in [1.165, 1.54) is 25.7 Å². The van der Waals surface area contributed by atoms with Gasteiger partial charge in [0.15, 0.2) is 0 Å². The predicted molar refractivity (Wildman–Crippen MR) is 142 cm³/mol. The fourth-order valence-corrected chi connectivity index (χ4v) is 5.27. The molecule has 2 fully saturated rings. The summed E-state index contributed by atoms with van der Waals surface area (Å²) < 4.78 is 1.74. The zero-order chi connectivity index (χ0) is 26.5. The molecule has 1 saturated carbocycles. The van der Waals surface area contributed by atoms with E-state index in [4.69, 9.17) is 0 Å². The number of carbonyl (C=O) groups is 2. The highest BCUT2D eigenvalue weighted by Crippen LogP contribution is 2.32. The van der Waals surface area contributed by atoms with Crippen LogP contribution < -0.4 is 5.32 Å². The lowest BCUT2D eigenvalue weighted by molar-refractivity contribution is -0.130. The highest BCUT2D eigenvalue weighted by atomic mass is 16.2. The highest BCUT2D eigenvalue weighted by molar-refractivity contribution is 5.95. The Morgan fingerprint density at radius 3 is 2.63 bits per heavy atom. The molecule has 1 unspecified atom stereocenters. The van der Waals surface area contributed by atoms with Crippen molar-refractivity contribution in [2.24, 2.45) is 5.92 Å². The van der Waals surface area contributed by atoms with Crippen molar-refractivity contribution in [3.8, 4) is 17.3 Å². The Morgan fingerprint density at radius 1 is 1.13 bits per heavy atom. The van der Waals surface area contributed by atoms with Gasteiger partial charge in [-0.3, -0.25) is 14.3 Å². The SMILES string of the molecule is CC(=O)N1CCN(C(=O)c2cccc(Nc3nccc(-c4cnn(C(C#N)CC5CCCC5)c4)n3)c2)CC1. The number of hydrogen-bond donors (Lipinski definition) is 1. The first-order valence-corrected chi connectivity index (χ1v) is 13.2. The number of hydrogen-bond acceptors (Lipinski definition) is 7. The molecule has 1 saturated heterocycles. The van der Waals surface area contributed by atoms with Crippen LogP contribution in [0, 0.1) is 17.2 Å². The van der Waals surface area contributed by atoms with Crippen LogP contribution >= 0.6 is 0 Å². The largest absolute Gasteiger partial charge is 0.339 e. The number of amides is 2. The molecule has 2 amide bonds. The number of nitrogens with zero attached hydrogens (tertiary/aromatic N) is 7. The third-order valence-electron chi connectivity index (χ3n) is 7.43. The lowest BCUT2D eigenvalue weighted by Crippen LogP contribution is -2.50. The van der Waals surface area contributed by atoms with E-state index < -0.39 is 0 Å². The molecule has 0 radical (unpaired) electrons. The number of aromatic nitrogens is 4. The fraction of sp³-hybridized carbons (Fsp3) is 0.429. The fourth-order valence-electron chi connectivity index (χ4n) is 5.27. The van der Waals surface area contributed by atoms with Gasteiger partial charge in [0.05, 0.1) is 18.0 Å². The molecular weight excluding hydrogens is 480 g/mol. The maximum absolute atomic E-state index is 13.0. The zero-order valence-corrected chi connectivity index (χ0v) is 21.6. The molecule has 1 aliphatic carbocycles. The van der Waals surface area contributed by atoms with E-state index in [-0.39, 0.29) is 17.9 Å². The molecule has 1 atom stereocenters. The van der Waals surface area contributed by atoms with Crippen molar-refractivity contribution < 1.29 is 9.59 Å². The van der Waals surface area contributed by atoms with Crippen molar-refractivity contribution in [3.63, 3.8) is 0 Å². The van der Waals surface area contributed by atoms with E-state index in [1.807, 2.05) is 24.4 Å². The summed E-state index contributed by atoms with van der Waals surface area (Å²) in [4.78, 5) is 37.1. The van der Waals surface area contributed by atoms with Crippen molar-refractivity contribution in [3.05, 3.63) is 54.5 Å². The average Bonchev–Trinajstić information content (AvgIpc) is 3.64. The zero-order valence-electron chi connectivity index (χ0n) is 21.6. The minimum Gasteiger partial charge on any atom is -0.339 e. The van der Waals surface area contributed by atoms with Gasteiger partial charge < -0.3 is 15.1 Å². The quantitative estimate of drug-likeness (QED) is 0.507. The third kappa shape index (κ3) is 5.83. The van der Waals surface area contributed by atoms with Crippen molar-refractivity contribution >= 4 is 23.5 Å². The van der Waals surface area contributed by atoms with Gasteiger partial charge in [0.2, 0.25) is 11.9 Å². The summed E-state index contributed by atoms with van der Waals surface area (Å²) in [6.45, 7) is 3.68. The highest BCUT2D eigenvalue weighted by Gasteiger charge is 2.24. The molecule has 1 aromatic carbocycles. The molecule has 10 nitrogen and oxygen atoms in total.